The van der Waals surface area contributed by atoms with Crippen LogP contribution in [0.25, 0.3) is 0 Å². The minimum atomic E-state index is -3.14. The van der Waals surface area contributed by atoms with Gasteiger partial charge in [0.2, 0.25) is 0 Å². The Morgan fingerprint density at radius 2 is 1.86 bits per heavy atom. The van der Waals surface area contributed by atoms with E-state index in [2.05, 4.69) is 24.4 Å². The normalized spacial score (nSPS) is 11.5. The minimum absolute atomic E-state index is 0.307. The number of nitrogens with one attached hydrogen (secondary N) is 1. The quantitative estimate of drug-likeness (QED) is 0.795. The van der Waals surface area contributed by atoms with E-state index in [1.54, 1.807) is 35.6 Å². The van der Waals surface area contributed by atoms with Crippen LogP contribution in [0.1, 0.15) is 9.75 Å². The van der Waals surface area contributed by atoms with Crippen molar-refractivity contribution >= 4 is 21.2 Å². The first kappa shape index (κ1) is 16.0. The highest BCUT2D eigenvalue weighted by Crippen LogP contribution is 2.16. The van der Waals surface area contributed by atoms with E-state index in [0.717, 1.165) is 13.1 Å². The second kappa shape index (κ2) is 7.06. The van der Waals surface area contributed by atoms with Gasteiger partial charge in [0.15, 0.2) is 9.84 Å². The van der Waals surface area contributed by atoms with Crippen LogP contribution < -0.4 is 10.1 Å². The van der Waals surface area contributed by atoms with Crippen LogP contribution in [0.15, 0.2) is 41.3 Å². The highest BCUT2D eigenvalue weighted by Gasteiger charge is 2.06. The summed E-state index contributed by atoms with van der Waals surface area (Å²) in [6, 6.07) is 10.7. The van der Waals surface area contributed by atoms with Crippen molar-refractivity contribution in [1.82, 2.24) is 5.32 Å². The topological polar surface area (TPSA) is 55.4 Å². The van der Waals surface area contributed by atoms with Gasteiger partial charge in [0, 0.05) is 29.1 Å². The first-order chi connectivity index (χ1) is 9.95. The summed E-state index contributed by atoms with van der Waals surface area (Å²) in [5.41, 5.74) is 0. The van der Waals surface area contributed by atoms with Crippen LogP contribution in [-0.4, -0.2) is 27.8 Å². The van der Waals surface area contributed by atoms with Gasteiger partial charge in [-0.05, 0) is 43.3 Å². The molecule has 0 radical (unpaired) electrons. The summed E-state index contributed by atoms with van der Waals surface area (Å²) in [4.78, 5) is 2.93. The Labute approximate surface area is 129 Å². The molecule has 0 amide bonds. The average Bonchev–Trinajstić information content (AvgIpc) is 2.84. The molecular weight excluding hydrogens is 306 g/mol. The van der Waals surface area contributed by atoms with Gasteiger partial charge in [-0.1, -0.05) is 0 Å². The Hall–Kier alpha value is -1.37. The zero-order valence-electron chi connectivity index (χ0n) is 12.1. The number of aryl methyl sites for hydroxylation is 1. The Kier molecular flexibility index (Phi) is 5.39. The molecule has 0 aliphatic rings. The summed E-state index contributed by atoms with van der Waals surface area (Å²) in [6.45, 7) is 4.22. The summed E-state index contributed by atoms with van der Waals surface area (Å²) >= 11 is 1.79. The van der Waals surface area contributed by atoms with Crippen LogP contribution in [0.2, 0.25) is 0 Å². The lowest BCUT2D eigenvalue weighted by Gasteiger charge is -2.07. The van der Waals surface area contributed by atoms with Gasteiger partial charge < -0.3 is 10.1 Å². The molecule has 2 rings (SSSR count). The predicted molar refractivity (Wildman–Crippen MR) is 85.8 cm³/mol. The first-order valence-corrected chi connectivity index (χ1v) is 9.35. The molecule has 0 fully saturated rings. The smallest absolute Gasteiger partial charge is 0.175 e. The van der Waals surface area contributed by atoms with Gasteiger partial charge in [-0.15, -0.1) is 11.3 Å². The van der Waals surface area contributed by atoms with Crippen LogP contribution >= 0.6 is 11.3 Å². The lowest BCUT2D eigenvalue weighted by Crippen LogP contribution is -2.20. The molecular formula is C15H19NO3S2. The summed E-state index contributed by atoms with van der Waals surface area (Å²) < 4.78 is 28.2. The lowest BCUT2D eigenvalue weighted by molar-refractivity contribution is 0.313. The van der Waals surface area contributed by atoms with Crippen LogP contribution in [0.3, 0.4) is 0 Å². The predicted octanol–water partition coefficient (Wildman–Crippen LogP) is 2.63. The molecule has 1 aromatic heterocycles. The fraction of sp³-hybridized carbons (Fsp3) is 0.333. The molecule has 6 heteroatoms. The van der Waals surface area contributed by atoms with Gasteiger partial charge in [0.05, 0.1) is 4.90 Å². The number of sulfone groups is 1. The molecule has 0 atom stereocenters. The van der Waals surface area contributed by atoms with Crippen molar-refractivity contribution in [1.29, 1.82) is 0 Å². The van der Waals surface area contributed by atoms with Crippen LogP contribution in [-0.2, 0) is 16.4 Å². The van der Waals surface area contributed by atoms with Crippen molar-refractivity contribution in [3.8, 4) is 5.75 Å². The van der Waals surface area contributed by atoms with Gasteiger partial charge >= 0.3 is 0 Å². The monoisotopic (exact) mass is 325 g/mol. The van der Waals surface area contributed by atoms with Crippen molar-refractivity contribution in [2.45, 2.75) is 18.4 Å². The number of hydrogen-bond acceptors (Lipinski definition) is 5. The highest BCUT2D eigenvalue weighted by molar-refractivity contribution is 7.90. The minimum Gasteiger partial charge on any atom is -0.492 e. The van der Waals surface area contributed by atoms with E-state index in [4.69, 9.17) is 4.74 Å². The molecule has 0 bridgehead atoms. The fourth-order valence-corrected chi connectivity index (χ4v) is 3.31. The van der Waals surface area contributed by atoms with E-state index in [1.807, 2.05) is 0 Å². The number of rotatable bonds is 7. The number of hydrogen-bond donors (Lipinski definition) is 1. The maximum absolute atomic E-state index is 11.3. The van der Waals surface area contributed by atoms with Gasteiger partial charge in [0.25, 0.3) is 0 Å². The van der Waals surface area contributed by atoms with Crippen LogP contribution in [0.4, 0.5) is 0 Å². The summed E-state index contributed by atoms with van der Waals surface area (Å²) in [6.07, 6.45) is 1.19. The SMILES string of the molecule is Cc1ccc(CNCCOc2ccc(S(C)(=O)=O)cc2)s1. The fourth-order valence-electron chi connectivity index (χ4n) is 1.82. The highest BCUT2D eigenvalue weighted by atomic mass is 32.2. The van der Waals surface area contributed by atoms with E-state index in [-0.39, 0.29) is 0 Å². The van der Waals surface area contributed by atoms with Crippen LogP contribution in [0.5, 0.6) is 5.75 Å². The number of ether oxygens (including phenoxy) is 1. The van der Waals surface area contributed by atoms with E-state index in [0.29, 0.717) is 17.3 Å². The van der Waals surface area contributed by atoms with Gasteiger partial charge in [-0.25, -0.2) is 8.42 Å². The molecule has 0 unspecified atom stereocenters. The molecule has 0 spiro atoms. The molecule has 0 aliphatic carbocycles. The van der Waals surface area contributed by atoms with Crippen LogP contribution in [0, 0.1) is 6.92 Å². The molecule has 0 saturated heterocycles. The summed E-state index contributed by atoms with van der Waals surface area (Å²) in [5, 5.41) is 3.31. The summed E-state index contributed by atoms with van der Waals surface area (Å²) in [7, 11) is -3.14. The van der Waals surface area contributed by atoms with Crippen molar-refractivity contribution < 1.29 is 13.2 Å². The molecule has 1 aromatic carbocycles. The van der Waals surface area contributed by atoms with Gasteiger partial charge in [0.1, 0.15) is 12.4 Å². The maximum Gasteiger partial charge on any atom is 0.175 e. The second-order valence-corrected chi connectivity index (χ2v) is 8.17. The molecule has 2 aromatic rings. The molecule has 4 nitrogen and oxygen atoms in total. The van der Waals surface area contributed by atoms with Crippen molar-refractivity contribution in [3.05, 3.63) is 46.2 Å². The van der Waals surface area contributed by atoms with Crippen molar-refractivity contribution in [2.75, 3.05) is 19.4 Å². The Balaban J connectivity index is 1.71. The first-order valence-electron chi connectivity index (χ1n) is 6.64. The molecule has 0 saturated carbocycles. The Morgan fingerprint density at radius 1 is 1.14 bits per heavy atom. The van der Waals surface area contributed by atoms with E-state index < -0.39 is 9.84 Å². The molecule has 114 valence electrons. The molecule has 0 aliphatic heterocycles. The zero-order valence-corrected chi connectivity index (χ0v) is 13.8. The van der Waals surface area contributed by atoms with Crippen molar-refractivity contribution in [2.24, 2.45) is 0 Å². The third-order valence-electron chi connectivity index (χ3n) is 2.89. The van der Waals surface area contributed by atoms with E-state index in [9.17, 15) is 8.42 Å². The zero-order chi connectivity index (χ0) is 15.3. The number of benzene rings is 1. The number of thiophene rings is 1. The van der Waals surface area contributed by atoms with Gasteiger partial charge in [-0.2, -0.15) is 0 Å². The third kappa shape index (κ3) is 5.15. The largest absolute Gasteiger partial charge is 0.492 e. The Bertz CT molecular complexity index is 675. The average molecular weight is 325 g/mol. The maximum atomic E-state index is 11.3. The van der Waals surface area contributed by atoms with E-state index >= 15 is 0 Å². The van der Waals surface area contributed by atoms with Crippen molar-refractivity contribution in [3.63, 3.8) is 0 Å². The third-order valence-corrected chi connectivity index (χ3v) is 5.02. The Morgan fingerprint density at radius 3 is 2.43 bits per heavy atom. The van der Waals surface area contributed by atoms with Gasteiger partial charge in [-0.3, -0.25) is 0 Å². The standard InChI is InChI=1S/C15H19NO3S2/c1-12-3-6-14(20-12)11-16-9-10-19-13-4-7-15(8-5-13)21(2,17)18/h3-8,16H,9-11H2,1-2H3. The lowest BCUT2D eigenvalue weighted by atomic mass is 10.3. The molecule has 1 heterocycles. The second-order valence-electron chi connectivity index (χ2n) is 4.78. The molecule has 21 heavy (non-hydrogen) atoms. The summed E-state index contributed by atoms with van der Waals surface area (Å²) in [5.74, 6) is 0.677. The van der Waals surface area contributed by atoms with E-state index in [1.165, 1.54) is 16.0 Å². The molecule has 1 N–H and O–H groups in total.